The summed E-state index contributed by atoms with van der Waals surface area (Å²) >= 11 is 0. The summed E-state index contributed by atoms with van der Waals surface area (Å²) in [5, 5.41) is 31.8. The number of nitrogens with one attached hydrogen (secondary N) is 3. The zero-order valence-corrected chi connectivity index (χ0v) is 30.7. The van der Waals surface area contributed by atoms with E-state index in [1.165, 1.54) is 13.8 Å². The van der Waals surface area contributed by atoms with Crippen LogP contribution in [-0.2, 0) is 30.4 Å². The quantitative estimate of drug-likeness (QED) is 0.108. The van der Waals surface area contributed by atoms with Crippen molar-refractivity contribution in [2.24, 2.45) is 0 Å². The van der Waals surface area contributed by atoms with Gasteiger partial charge in [0.05, 0.1) is 11.7 Å². The lowest BCUT2D eigenvalue weighted by Gasteiger charge is -2.34. The summed E-state index contributed by atoms with van der Waals surface area (Å²) in [6, 6.07) is 34.1. The smallest absolute Gasteiger partial charge is 0.270 e. The van der Waals surface area contributed by atoms with Gasteiger partial charge in [-0.05, 0) is 124 Å². The van der Waals surface area contributed by atoms with E-state index in [0.29, 0.717) is 65.5 Å². The summed E-state index contributed by atoms with van der Waals surface area (Å²) < 4.78 is 6.21. The maximum Gasteiger partial charge on any atom is 0.270 e. The largest absolute Gasteiger partial charge is 0.456 e. The number of carbonyl (C=O) groups excluding carboxylic acids is 4. The SMILES string of the molecule is CC(O)(C(=O)[C@]1(C(=O)Nc2ccc(-c3ccc(-c4ccc(N(C(=O)[C@@H]5CCCN5)C(=O)[C@@](C)(O)c5ccccc5)cc4)o3)cc2)CCCN1)c1ccccc1. The van der Waals surface area contributed by atoms with Crippen molar-refractivity contribution < 1.29 is 33.8 Å². The summed E-state index contributed by atoms with van der Waals surface area (Å²) in [7, 11) is 0. The van der Waals surface area contributed by atoms with E-state index in [-0.39, 0.29) is 6.42 Å². The number of nitrogens with zero attached hydrogens (tertiary/aromatic N) is 1. The lowest BCUT2D eigenvalue weighted by Crippen LogP contribution is -2.62. The minimum atomic E-state index is -1.95. The number of aliphatic hydroxyl groups is 2. The molecular formula is C44H44N4O7. The maximum atomic E-state index is 13.9. The molecule has 0 bridgehead atoms. The van der Waals surface area contributed by atoms with Crippen LogP contribution < -0.4 is 20.9 Å². The van der Waals surface area contributed by atoms with Crippen molar-refractivity contribution in [1.82, 2.24) is 10.6 Å². The number of furan rings is 1. The molecule has 1 aromatic heterocycles. The fraction of sp³-hybridized carbons (Fsp3) is 0.273. The number of hydrogen-bond acceptors (Lipinski definition) is 9. The van der Waals surface area contributed by atoms with Gasteiger partial charge in [0.25, 0.3) is 17.7 Å². The molecular weight excluding hydrogens is 697 g/mol. The minimum absolute atomic E-state index is 0.256. The van der Waals surface area contributed by atoms with Gasteiger partial charge in [0.2, 0.25) is 0 Å². The maximum absolute atomic E-state index is 13.9. The number of anilines is 2. The third-order valence-corrected chi connectivity index (χ3v) is 10.7. The number of imide groups is 1. The first-order valence-electron chi connectivity index (χ1n) is 18.5. The van der Waals surface area contributed by atoms with Gasteiger partial charge in [0.1, 0.15) is 17.1 Å². The van der Waals surface area contributed by atoms with Crippen LogP contribution in [-0.4, -0.2) is 58.4 Å². The molecule has 0 aliphatic carbocycles. The Bertz CT molecular complexity index is 2170. The molecule has 1 unspecified atom stereocenters. The van der Waals surface area contributed by atoms with E-state index >= 15 is 0 Å². The van der Waals surface area contributed by atoms with Crippen LogP contribution in [0, 0.1) is 0 Å². The van der Waals surface area contributed by atoms with Gasteiger partial charge in [0, 0.05) is 16.8 Å². The number of ketones is 1. The molecule has 7 rings (SSSR count). The molecule has 282 valence electrons. The molecule has 0 spiro atoms. The highest BCUT2D eigenvalue weighted by atomic mass is 16.3. The van der Waals surface area contributed by atoms with Crippen molar-refractivity contribution in [2.75, 3.05) is 23.3 Å². The van der Waals surface area contributed by atoms with E-state index in [2.05, 4.69) is 16.0 Å². The number of Topliss-reactive ketones (excluding diaryl/α,β-unsaturated/α-hetero) is 1. The Balaban J connectivity index is 1.07. The van der Waals surface area contributed by atoms with E-state index in [0.717, 1.165) is 16.9 Å². The molecule has 11 heteroatoms. The molecule has 5 N–H and O–H groups in total. The molecule has 4 aromatic carbocycles. The summed E-state index contributed by atoms with van der Waals surface area (Å²) in [5.74, 6) is -1.19. The van der Waals surface area contributed by atoms with Crippen LogP contribution in [0.4, 0.5) is 11.4 Å². The van der Waals surface area contributed by atoms with Crippen LogP contribution in [0.25, 0.3) is 22.6 Å². The van der Waals surface area contributed by atoms with Gasteiger partial charge in [-0.1, -0.05) is 60.7 Å². The third-order valence-electron chi connectivity index (χ3n) is 10.7. The summed E-state index contributed by atoms with van der Waals surface area (Å²) in [5.41, 5.74) is -2.36. The first-order chi connectivity index (χ1) is 26.4. The van der Waals surface area contributed by atoms with Crippen LogP contribution in [0.2, 0.25) is 0 Å². The van der Waals surface area contributed by atoms with Crippen molar-refractivity contribution >= 4 is 34.9 Å². The van der Waals surface area contributed by atoms with Crippen molar-refractivity contribution in [1.29, 1.82) is 0 Å². The normalized spacial score (nSPS) is 20.3. The predicted octanol–water partition coefficient (Wildman–Crippen LogP) is 5.67. The summed E-state index contributed by atoms with van der Waals surface area (Å²) in [6.07, 6.45) is 2.26. The molecule has 0 saturated carbocycles. The molecule has 2 aliphatic rings. The van der Waals surface area contributed by atoms with E-state index < -0.39 is 46.3 Å². The van der Waals surface area contributed by atoms with Crippen LogP contribution in [0.5, 0.6) is 0 Å². The topological polar surface area (TPSA) is 161 Å². The predicted molar refractivity (Wildman–Crippen MR) is 209 cm³/mol. The lowest BCUT2D eigenvalue weighted by molar-refractivity contribution is -0.147. The summed E-state index contributed by atoms with van der Waals surface area (Å²) in [4.78, 5) is 56.2. The highest BCUT2D eigenvalue weighted by Gasteiger charge is 2.54. The Kier molecular flexibility index (Phi) is 10.4. The van der Waals surface area contributed by atoms with Gasteiger partial charge in [-0.15, -0.1) is 0 Å². The second-order valence-corrected chi connectivity index (χ2v) is 14.5. The highest BCUT2D eigenvalue weighted by Crippen LogP contribution is 2.35. The first kappa shape index (κ1) is 37.6. The van der Waals surface area contributed by atoms with Gasteiger partial charge < -0.3 is 25.3 Å². The molecule has 11 nitrogen and oxygen atoms in total. The van der Waals surface area contributed by atoms with Crippen LogP contribution in [0.3, 0.4) is 0 Å². The highest BCUT2D eigenvalue weighted by molar-refractivity contribution is 6.19. The van der Waals surface area contributed by atoms with E-state index in [9.17, 15) is 29.4 Å². The molecule has 55 heavy (non-hydrogen) atoms. The molecule has 4 atom stereocenters. The first-order valence-corrected chi connectivity index (χ1v) is 18.5. The molecule has 0 radical (unpaired) electrons. The zero-order valence-electron chi connectivity index (χ0n) is 30.7. The van der Waals surface area contributed by atoms with E-state index in [4.69, 9.17) is 4.42 Å². The van der Waals surface area contributed by atoms with Crippen LogP contribution in [0.15, 0.2) is 126 Å². The van der Waals surface area contributed by atoms with Gasteiger partial charge >= 0.3 is 0 Å². The number of rotatable bonds is 11. The molecule has 3 heterocycles. The second-order valence-electron chi connectivity index (χ2n) is 14.5. The molecule has 5 aromatic rings. The van der Waals surface area contributed by atoms with Gasteiger partial charge in [-0.3, -0.25) is 24.5 Å². The summed E-state index contributed by atoms with van der Waals surface area (Å²) in [6.45, 7) is 3.96. The molecule has 2 aliphatic heterocycles. The Morgan fingerprint density at radius 3 is 1.82 bits per heavy atom. The van der Waals surface area contributed by atoms with Crippen LogP contribution >= 0.6 is 0 Å². The van der Waals surface area contributed by atoms with Gasteiger partial charge in [-0.2, -0.15) is 0 Å². The number of benzene rings is 4. The second kappa shape index (κ2) is 15.2. The zero-order chi connectivity index (χ0) is 38.8. The van der Waals surface area contributed by atoms with Gasteiger partial charge in [0.15, 0.2) is 16.9 Å². The Morgan fingerprint density at radius 2 is 1.29 bits per heavy atom. The number of hydrogen-bond donors (Lipinski definition) is 5. The molecule has 3 amide bonds. The fourth-order valence-electron chi connectivity index (χ4n) is 7.42. The van der Waals surface area contributed by atoms with E-state index in [1.807, 2.05) is 12.1 Å². The third kappa shape index (κ3) is 7.27. The van der Waals surface area contributed by atoms with Crippen molar-refractivity contribution in [3.05, 3.63) is 132 Å². The average molecular weight is 741 g/mol. The minimum Gasteiger partial charge on any atom is -0.456 e. The molecule has 2 saturated heterocycles. The Labute approximate surface area is 319 Å². The monoisotopic (exact) mass is 740 g/mol. The lowest BCUT2D eigenvalue weighted by atomic mass is 9.78. The van der Waals surface area contributed by atoms with Crippen molar-refractivity contribution in [2.45, 2.75) is 62.3 Å². The number of amides is 3. The average Bonchev–Trinajstić information content (AvgIpc) is 4.03. The molecule has 2 fully saturated rings. The standard InChI is InChI=1S/C44H44N4O7/c1-42(53,31-11-5-3-6-12-31)39(50)44(26-10-28-46-44)40(51)47-33-20-16-29(17-21-33)36-24-25-37(55-36)30-18-22-34(23-19-30)48(38(49)35-15-9-27-45-35)41(52)43(2,54)32-13-7-4-8-14-32/h3-8,11-14,16-25,35,45-46,53-54H,9-10,15,26-28H2,1-2H3,(H,47,51)/t35-,42?,43-,44-/m0/s1. The van der Waals surface area contributed by atoms with Crippen molar-refractivity contribution in [3.8, 4) is 22.6 Å². The van der Waals surface area contributed by atoms with Crippen LogP contribution in [0.1, 0.15) is 50.7 Å². The fourth-order valence-corrected chi connectivity index (χ4v) is 7.42. The van der Waals surface area contributed by atoms with E-state index in [1.54, 1.807) is 109 Å². The number of carbonyl (C=O) groups is 4. The Morgan fingerprint density at radius 1 is 0.727 bits per heavy atom. The van der Waals surface area contributed by atoms with Crippen molar-refractivity contribution in [3.63, 3.8) is 0 Å². The Hall–Kier alpha value is -5.72. The van der Waals surface area contributed by atoms with Gasteiger partial charge in [-0.25, -0.2) is 4.90 Å².